The minimum absolute atomic E-state index is 0.210. The fourth-order valence-corrected chi connectivity index (χ4v) is 2.18. The summed E-state index contributed by atoms with van der Waals surface area (Å²) >= 11 is 0. The van der Waals surface area contributed by atoms with E-state index >= 15 is 0 Å². The van der Waals surface area contributed by atoms with Crippen molar-refractivity contribution in [1.82, 2.24) is 5.16 Å². The number of aromatic carboxylic acids is 1. The van der Waals surface area contributed by atoms with Gasteiger partial charge in [0.1, 0.15) is 11.5 Å². The van der Waals surface area contributed by atoms with Crippen LogP contribution in [-0.2, 0) is 0 Å². The van der Waals surface area contributed by atoms with Gasteiger partial charge in [-0.2, -0.15) is 0 Å². The van der Waals surface area contributed by atoms with Gasteiger partial charge < -0.3 is 9.63 Å². The lowest BCUT2D eigenvalue weighted by atomic mass is 10.1. The van der Waals surface area contributed by atoms with Crippen LogP contribution in [0.15, 0.2) is 59.1 Å². The molecular formula is C19H13NO3. The summed E-state index contributed by atoms with van der Waals surface area (Å²) in [6.07, 6.45) is 0. The maximum atomic E-state index is 11.0. The average Bonchev–Trinajstić information content (AvgIpc) is 2.95. The van der Waals surface area contributed by atoms with Crippen LogP contribution in [0, 0.1) is 18.8 Å². The first kappa shape index (κ1) is 14.6. The van der Waals surface area contributed by atoms with Crippen LogP contribution in [0.4, 0.5) is 0 Å². The van der Waals surface area contributed by atoms with Crippen LogP contribution in [0.3, 0.4) is 0 Å². The van der Waals surface area contributed by atoms with Crippen LogP contribution in [0.1, 0.15) is 27.2 Å². The third kappa shape index (κ3) is 3.14. The number of carboxylic acid groups (broad SMARTS) is 1. The third-order valence-corrected chi connectivity index (χ3v) is 3.35. The predicted octanol–water partition coefficient (Wildman–Crippen LogP) is 3.75. The first-order valence-corrected chi connectivity index (χ1v) is 7.02. The van der Waals surface area contributed by atoms with Crippen molar-refractivity contribution < 1.29 is 14.4 Å². The van der Waals surface area contributed by atoms with Crippen molar-refractivity contribution in [2.45, 2.75) is 6.92 Å². The van der Waals surface area contributed by atoms with E-state index in [0.717, 1.165) is 5.56 Å². The Labute approximate surface area is 133 Å². The Morgan fingerprint density at radius 2 is 1.87 bits per heavy atom. The summed E-state index contributed by atoms with van der Waals surface area (Å²) in [4.78, 5) is 11.0. The van der Waals surface area contributed by atoms with E-state index in [9.17, 15) is 4.79 Å². The molecule has 0 amide bonds. The topological polar surface area (TPSA) is 63.3 Å². The van der Waals surface area contributed by atoms with Gasteiger partial charge in [0, 0.05) is 11.1 Å². The summed E-state index contributed by atoms with van der Waals surface area (Å²) < 4.78 is 5.25. The molecule has 3 aromatic rings. The molecule has 0 unspecified atom stereocenters. The molecular weight excluding hydrogens is 290 g/mol. The standard InChI is InChI=1S/C19H13NO3/c1-13-17(18(20-23-13)15-7-3-2-4-8-15)11-10-14-6-5-9-16(12-14)19(21)22/h2-9,12H,1H3,(H,21,22). The van der Waals surface area contributed by atoms with Gasteiger partial charge >= 0.3 is 5.97 Å². The number of aromatic nitrogens is 1. The highest BCUT2D eigenvalue weighted by molar-refractivity contribution is 5.88. The molecule has 1 aromatic heterocycles. The second-order valence-electron chi connectivity index (χ2n) is 4.96. The second-order valence-corrected chi connectivity index (χ2v) is 4.96. The van der Waals surface area contributed by atoms with Gasteiger partial charge in [0.05, 0.1) is 11.1 Å². The number of hydrogen-bond acceptors (Lipinski definition) is 3. The highest BCUT2D eigenvalue weighted by Crippen LogP contribution is 2.24. The Morgan fingerprint density at radius 3 is 2.61 bits per heavy atom. The molecule has 112 valence electrons. The molecule has 0 bridgehead atoms. The summed E-state index contributed by atoms with van der Waals surface area (Å²) in [6.45, 7) is 1.80. The van der Waals surface area contributed by atoms with Gasteiger partial charge in [0.25, 0.3) is 0 Å². The van der Waals surface area contributed by atoms with Crippen molar-refractivity contribution in [2.75, 3.05) is 0 Å². The highest BCUT2D eigenvalue weighted by Gasteiger charge is 2.12. The van der Waals surface area contributed by atoms with Gasteiger partial charge in [-0.3, -0.25) is 0 Å². The van der Waals surface area contributed by atoms with Crippen LogP contribution in [0.25, 0.3) is 11.3 Å². The van der Waals surface area contributed by atoms with Gasteiger partial charge in [-0.1, -0.05) is 53.4 Å². The van der Waals surface area contributed by atoms with Gasteiger partial charge in [-0.05, 0) is 25.1 Å². The molecule has 0 spiro atoms. The maximum absolute atomic E-state index is 11.0. The number of hydrogen-bond donors (Lipinski definition) is 1. The number of carboxylic acids is 1. The van der Waals surface area contributed by atoms with Crippen LogP contribution in [0.5, 0.6) is 0 Å². The summed E-state index contributed by atoms with van der Waals surface area (Å²) in [6, 6.07) is 16.2. The molecule has 0 aliphatic heterocycles. The fourth-order valence-electron chi connectivity index (χ4n) is 2.18. The summed E-state index contributed by atoms with van der Waals surface area (Å²) in [5.41, 5.74) is 3.15. The minimum Gasteiger partial charge on any atom is -0.478 e. The number of rotatable bonds is 2. The van der Waals surface area contributed by atoms with Gasteiger partial charge in [0.2, 0.25) is 0 Å². The zero-order chi connectivity index (χ0) is 16.2. The van der Waals surface area contributed by atoms with Crippen molar-refractivity contribution in [3.63, 3.8) is 0 Å². The normalized spacial score (nSPS) is 9.96. The van der Waals surface area contributed by atoms with Crippen molar-refractivity contribution in [2.24, 2.45) is 0 Å². The molecule has 4 nitrogen and oxygen atoms in total. The van der Waals surface area contributed by atoms with E-state index in [1.807, 2.05) is 30.3 Å². The summed E-state index contributed by atoms with van der Waals surface area (Å²) in [5, 5.41) is 13.1. The molecule has 0 saturated carbocycles. The summed E-state index contributed by atoms with van der Waals surface area (Å²) in [5.74, 6) is 5.68. The molecule has 4 heteroatoms. The number of nitrogens with zero attached hydrogens (tertiary/aromatic N) is 1. The van der Waals surface area contributed by atoms with E-state index < -0.39 is 5.97 Å². The van der Waals surface area contributed by atoms with Crippen LogP contribution >= 0.6 is 0 Å². The number of benzene rings is 2. The van der Waals surface area contributed by atoms with Crippen molar-refractivity contribution in [3.05, 3.63) is 77.0 Å². The molecule has 0 saturated heterocycles. The Kier molecular flexibility index (Phi) is 3.94. The SMILES string of the molecule is Cc1onc(-c2ccccc2)c1C#Cc1cccc(C(=O)O)c1. The van der Waals surface area contributed by atoms with Crippen LogP contribution in [-0.4, -0.2) is 16.2 Å². The molecule has 0 aliphatic carbocycles. The lowest BCUT2D eigenvalue weighted by molar-refractivity contribution is 0.0697. The Bertz CT molecular complexity index is 915. The molecule has 0 fully saturated rings. The zero-order valence-electron chi connectivity index (χ0n) is 12.4. The Morgan fingerprint density at radius 1 is 1.09 bits per heavy atom. The van der Waals surface area contributed by atoms with Gasteiger partial charge in [-0.25, -0.2) is 4.79 Å². The molecule has 0 aliphatic rings. The first-order valence-electron chi connectivity index (χ1n) is 7.02. The third-order valence-electron chi connectivity index (χ3n) is 3.35. The van der Waals surface area contributed by atoms with Crippen molar-refractivity contribution in [3.8, 4) is 23.1 Å². The van der Waals surface area contributed by atoms with E-state index in [-0.39, 0.29) is 5.56 Å². The van der Waals surface area contributed by atoms with Crippen LogP contribution in [0.2, 0.25) is 0 Å². The van der Waals surface area contributed by atoms with Crippen LogP contribution < -0.4 is 0 Å². The van der Waals surface area contributed by atoms with Crippen molar-refractivity contribution >= 4 is 5.97 Å². The Balaban J connectivity index is 2.01. The fraction of sp³-hybridized carbons (Fsp3) is 0.0526. The molecule has 0 radical (unpaired) electrons. The molecule has 3 rings (SSSR count). The quantitative estimate of drug-likeness (QED) is 0.732. The molecule has 1 N–H and O–H groups in total. The monoisotopic (exact) mass is 303 g/mol. The lowest BCUT2D eigenvalue weighted by Gasteiger charge is -1.96. The number of aryl methyl sites for hydroxylation is 1. The van der Waals surface area contributed by atoms with E-state index in [0.29, 0.717) is 22.6 Å². The zero-order valence-corrected chi connectivity index (χ0v) is 12.4. The van der Waals surface area contributed by atoms with E-state index in [1.54, 1.807) is 25.1 Å². The lowest BCUT2D eigenvalue weighted by Crippen LogP contribution is -1.95. The van der Waals surface area contributed by atoms with E-state index in [4.69, 9.17) is 9.63 Å². The smallest absolute Gasteiger partial charge is 0.335 e. The number of carbonyl (C=O) groups is 1. The second kappa shape index (κ2) is 6.20. The van der Waals surface area contributed by atoms with E-state index in [1.165, 1.54) is 6.07 Å². The van der Waals surface area contributed by atoms with Crippen molar-refractivity contribution in [1.29, 1.82) is 0 Å². The predicted molar refractivity (Wildman–Crippen MR) is 86.1 cm³/mol. The molecule has 2 aromatic carbocycles. The average molecular weight is 303 g/mol. The maximum Gasteiger partial charge on any atom is 0.335 e. The van der Waals surface area contributed by atoms with Gasteiger partial charge in [0.15, 0.2) is 0 Å². The highest BCUT2D eigenvalue weighted by atomic mass is 16.5. The first-order chi connectivity index (χ1) is 11.1. The molecule has 23 heavy (non-hydrogen) atoms. The Hall–Kier alpha value is -3.32. The minimum atomic E-state index is -0.972. The largest absolute Gasteiger partial charge is 0.478 e. The molecule has 1 heterocycles. The summed E-state index contributed by atoms with van der Waals surface area (Å²) in [7, 11) is 0. The molecule has 0 atom stereocenters. The van der Waals surface area contributed by atoms with Gasteiger partial charge in [-0.15, -0.1) is 0 Å². The van der Waals surface area contributed by atoms with E-state index in [2.05, 4.69) is 17.0 Å².